The smallest absolute Gasteiger partial charge is 0.308 e. The van der Waals surface area contributed by atoms with Crippen LogP contribution >= 0.6 is 11.8 Å². The highest BCUT2D eigenvalue weighted by Crippen LogP contribution is 2.28. The van der Waals surface area contributed by atoms with Gasteiger partial charge in [0.05, 0.1) is 13.5 Å². The number of thioether (sulfide) groups is 1. The van der Waals surface area contributed by atoms with Crippen LogP contribution in [-0.2, 0) is 39.9 Å². The van der Waals surface area contributed by atoms with Gasteiger partial charge in [0, 0.05) is 28.6 Å². The average Bonchev–Trinajstić information content (AvgIpc) is 3.70. The maximum Gasteiger partial charge on any atom is 0.308 e. The minimum Gasteiger partial charge on any atom is -0.469 e. The fourth-order valence-electron chi connectivity index (χ4n) is 6.29. The number of para-hydroxylation sites is 1. The maximum absolute atomic E-state index is 14.1. The van der Waals surface area contributed by atoms with Crippen LogP contribution in [0, 0.1) is 17.2 Å². The van der Waals surface area contributed by atoms with Gasteiger partial charge in [-0.2, -0.15) is 17.0 Å². The molecule has 5 amide bonds. The molecule has 2 aliphatic heterocycles. The van der Waals surface area contributed by atoms with Crippen LogP contribution in [0.15, 0.2) is 24.3 Å². The van der Waals surface area contributed by atoms with Crippen molar-refractivity contribution in [3.63, 3.8) is 0 Å². The Hall–Kier alpha value is -4.58. The fraction of sp³-hybridized carbons (Fsp3) is 0.559. The molecule has 4 rings (SSSR count). The van der Waals surface area contributed by atoms with Gasteiger partial charge in [-0.05, 0) is 56.9 Å². The highest BCUT2D eigenvalue weighted by Gasteiger charge is 2.44. The Labute approximate surface area is 289 Å². The first-order valence-corrected chi connectivity index (χ1v) is 17.6. The molecule has 2 fully saturated rings. The van der Waals surface area contributed by atoms with E-state index in [1.54, 1.807) is 44.4 Å². The van der Waals surface area contributed by atoms with E-state index < -0.39 is 76.9 Å². The molecule has 15 heteroatoms. The van der Waals surface area contributed by atoms with E-state index in [0.717, 1.165) is 7.11 Å². The number of hydrogen-bond donors (Lipinski definition) is 5. The van der Waals surface area contributed by atoms with Crippen LogP contribution in [0.25, 0.3) is 10.9 Å². The number of fused-ring (bicyclic) bond motifs is 2. The number of carbonyl (C=O) groups excluding carboxylic acids is 6. The number of amides is 5. The molecule has 5 unspecified atom stereocenters. The fourth-order valence-corrected chi connectivity index (χ4v) is 6.69. The number of rotatable bonds is 8. The highest BCUT2D eigenvalue weighted by molar-refractivity contribution is 8.00. The van der Waals surface area contributed by atoms with E-state index in [1.165, 1.54) is 16.7 Å². The van der Waals surface area contributed by atoms with Crippen molar-refractivity contribution >= 4 is 58.2 Å². The number of nitriles is 1. The Morgan fingerprint density at radius 2 is 1.65 bits per heavy atom. The minimum absolute atomic E-state index is 0.0556. The van der Waals surface area contributed by atoms with Crippen molar-refractivity contribution in [1.82, 2.24) is 31.2 Å². The number of nitrogens with one attached hydrogen (secondary N) is 5. The van der Waals surface area contributed by atoms with Crippen molar-refractivity contribution in [2.45, 2.75) is 94.8 Å². The molecule has 0 radical (unpaired) electrons. The molecule has 0 spiro atoms. The van der Waals surface area contributed by atoms with Crippen molar-refractivity contribution in [1.29, 1.82) is 5.26 Å². The van der Waals surface area contributed by atoms with Crippen LogP contribution in [0.1, 0.15) is 64.6 Å². The second-order valence-electron chi connectivity index (χ2n) is 13.4. The summed E-state index contributed by atoms with van der Waals surface area (Å²) in [6.07, 6.45) is 2.13. The lowest BCUT2D eigenvalue weighted by atomic mass is 9.97. The zero-order valence-electron chi connectivity index (χ0n) is 28.7. The molecular formula is C34H45N7O7S. The van der Waals surface area contributed by atoms with Gasteiger partial charge < -0.3 is 35.9 Å². The number of aromatic nitrogens is 1. The Kier molecular flexibility index (Phi) is 12.0. The molecule has 0 saturated carbocycles. The van der Waals surface area contributed by atoms with E-state index in [2.05, 4.69) is 32.3 Å². The molecule has 0 bridgehead atoms. The van der Waals surface area contributed by atoms with E-state index in [4.69, 9.17) is 4.74 Å². The van der Waals surface area contributed by atoms with Crippen LogP contribution in [0.4, 0.5) is 0 Å². The molecule has 0 aliphatic carbocycles. The molecule has 5 N–H and O–H groups in total. The van der Waals surface area contributed by atoms with Gasteiger partial charge >= 0.3 is 5.97 Å². The predicted octanol–water partition coefficient (Wildman–Crippen LogP) is 1.28. The SMILES string of the molecule is COC(=O)CC1NC(=O)C(Cc2c(C#N)[nH]c3ccccc23)NC(=O)C(CC(C)C)NC(=O)C(C(C)(C)SC)NC(=O)C2CCCN2C1=O. The lowest BCUT2D eigenvalue weighted by Gasteiger charge is -2.35. The summed E-state index contributed by atoms with van der Waals surface area (Å²) in [5, 5.41) is 21.7. The predicted molar refractivity (Wildman–Crippen MR) is 183 cm³/mol. The Morgan fingerprint density at radius 1 is 1.00 bits per heavy atom. The second kappa shape index (κ2) is 15.8. The van der Waals surface area contributed by atoms with Gasteiger partial charge in [-0.1, -0.05) is 32.0 Å². The number of ether oxygens (including phenoxy) is 1. The van der Waals surface area contributed by atoms with Crippen LogP contribution in [0.3, 0.4) is 0 Å². The van der Waals surface area contributed by atoms with Gasteiger partial charge in [0.15, 0.2) is 0 Å². The van der Waals surface area contributed by atoms with Crippen molar-refractivity contribution < 1.29 is 33.5 Å². The number of aromatic amines is 1. The van der Waals surface area contributed by atoms with Gasteiger partial charge in [0.25, 0.3) is 0 Å². The summed E-state index contributed by atoms with van der Waals surface area (Å²) < 4.78 is 4.01. The summed E-state index contributed by atoms with van der Waals surface area (Å²) in [7, 11) is 1.16. The second-order valence-corrected chi connectivity index (χ2v) is 14.8. The topological polar surface area (TPSA) is 203 Å². The summed E-state index contributed by atoms with van der Waals surface area (Å²) in [6.45, 7) is 7.54. The summed E-state index contributed by atoms with van der Waals surface area (Å²) in [5.74, 6) is -4.11. The molecule has 2 aromatic rings. The largest absolute Gasteiger partial charge is 0.469 e. The molecule has 3 heterocycles. The number of hydrogen-bond acceptors (Lipinski definition) is 9. The van der Waals surface area contributed by atoms with E-state index in [1.807, 2.05) is 13.8 Å². The summed E-state index contributed by atoms with van der Waals surface area (Å²) in [4.78, 5) is 86.8. The standard InChI is InChI=1S/C34H45N7O7S/c1-18(2)14-22-29(43)37-23(15-20-19-10-7-8-11-21(19)36-25(20)17-35)30(44)39-24(16-27(42)48-5)33(47)41-13-9-12-26(41)31(45)40-28(32(46)38-22)34(3,4)49-6/h7-8,10-11,18,22-24,26,28,36H,9,12-16H2,1-6H3,(H,37,43)(H,38,46)(H,39,44)(H,40,45). The number of esters is 1. The van der Waals surface area contributed by atoms with Gasteiger partial charge in [-0.15, -0.1) is 0 Å². The Morgan fingerprint density at radius 3 is 2.31 bits per heavy atom. The van der Waals surface area contributed by atoms with E-state index in [-0.39, 0.29) is 31.0 Å². The number of carbonyl (C=O) groups is 6. The summed E-state index contributed by atoms with van der Waals surface area (Å²) in [5.41, 5.74) is 1.31. The highest BCUT2D eigenvalue weighted by atomic mass is 32.2. The van der Waals surface area contributed by atoms with Gasteiger partial charge in [0.2, 0.25) is 29.5 Å². The molecule has 1 aromatic heterocycles. The number of methoxy groups -OCH3 is 1. The maximum atomic E-state index is 14.1. The van der Waals surface area contributed by atoms with Crippen LogP contribution in [0.2, 0.25) is 0 Å². The number of benzene rings is 1. The number of nitrogens with zero attached hydrogens (tertiary/aromatic N) is 2. The van der Waals surface area contributed by atoms with Crippen molar-refractivity contribution in [2.24, 2.45) is 5.92 Å². The minimum atomic E-state index is -1.43. The van der Waals surface area contributed by atoms with Crippen molar-refractivity contribution in [3.05, 3.63) is 35.5 Å². The third-order valence-electron chi connectivity index (χ3n) is 9.13. The Balaban J connectivity index is 1.84. The molecule has 5 atom stereocenters. The zero-order chi connectivity index (χ0) is 36.0. The molecule has 2 saturated heterocycles. The van der Waals surface area contributed by atoms with E-state index >= 15 is 0 Å². The Bertz CT molecular complexity index is 1650. The third-order valence-corrected chi connectivity index (χ3v) is 10.4. The van der Waals surface area contributed by atoms with E-state index in [9.17, 15) is 34.0 Å². The quantitative estimate of drug-likeness (QED) is 0.252. The molecule has 2 aliphatic rings. The van der Waals surface area contributed by atoms with Crippen molar-refractivity contribution in [2.75, 3.05) is 19.9 Å². The first-order chi connectivity index (χ1) is 23.2. The molecule has 14 nitrogen and oxygen atoms in total. The first kappa shape index (κ1) is 37.2. The molecule has 49 heavy (non-hydrogen) atoms. The van der Waals surface area contributed by atoms with Gasteiger partial charge in [-0.25, -0.2) is 0 Å². The van der Waals surface area contributed by atoms with Gasteiger partial charge in [0.1, 0.15) is 42.0 Å². The summed E-state index contributed by atoms with van der Waals surface area (Å²) in [6, 6.07) is 3.33. The lowest BCUT2D eigenvalue weighted by Crippen LogP contribution is -2.62. The summed E-state index contributed by atoms with van der Waals surface area (Å²) >= 11 is 1.35. The molecule has 1 aromatic carbocycles. The zero-order valence-corrected chi connectivity index (χ0v) is 29.5. The van der Waals surface area contributed by atoms with E-state index in [0.29, 0.717) is 29.3 Å². The van der Waals surface area contributed by atoms with Crippen LogP contribution < -0.4 is 21.3 Å². The first-order valence-electron chi connectivity index (χ1n) is 16.3. The monoisotopic (exact) mass is 695 g/mol. The van der Waals surface area contributed by atoms with Gasteiger partial charge in [-0.3, -0.25) is 28.8 Å². The lowest BCUT2D eigenvalue weighted by molar-refractivity contribution is -0.147. The third kappa shape index (κ3) is 8.54. The van der Waals surface area contributed by atoms with Crippen LogP contribution in [-0.4, -0.2) is 100 Å². The molecular weight excluding hydrogens is 650 g/mol. The molecule has 264 valence electrons. The van der Waals surface area contributed by atoms with Crippen LogP contribution in [0.5, 0.6) is 0 Å². The number of H-pyrrole nitrogens is 1. The normalized spacial score (nSPS) is 24.2. The van der Waals surface area contributed by atoms with Crippen molar-refractivity contribution in [3.8, 4) is 6.07 Å². The average molecular weight is 696 g/mol.